The van der Waals surface area contributed by atoms with Crippen molar-refractivity contribution in [2.45, 2.75) is 35.0 Å². The summed E-state index contributed by atoms with van der Waals surface area (Å²) in [5, 5.41) is 13.5. The molecule has 2 fully saturated rings. The molecule has 8 nitrogen and oxygen atoms in total. The van der Waals surface area contributed by atoms with Crippen molar-refractivity contribution in [1.82, 2.24) is 14.8 Å². The van der Waals surface area contributed by atoms with Crippen LogP contribution in [0.25, 0.3) is 0 Å². The van der Waals surface area contributed by atoms with Gasteiger partial charge in [-0.2, -0.15) is 0 Å². The number of likely N-dealkylation sites (tertiary alicyclic amines) is 2. The lowest BCUT2D eigenvalue weighted by molar-refractivity contribution is -0.141. The molecule has 182 valence electrons. The van der Waals surface area contributed by atoms with Crippen LogP contribution in [-0.2, 0) is 10.2 Å². The van der Waals surface area contributed by atoms with Crippen LogP contribution in [0.5, 0.6) is 0 Å². The summed E-state index contributed by atoms with van der Waals surface area (Å²) in [5.74, 6) is 0.898. The molecule has 0 aliphatic carbocycles. The molecule has 1 aromatic carbocycles. The molecular formula is C23H28ClN5O3S2. The predicted octanol–water partition coefficient (Wildman–Crippen LogP) is 3.50. The van der Waals surface area contributed by atoms with Crippen molar-refractivity contribution in [1.29, 1.82) is 0 Å². The number of fused-ring (bicyclic) bond motifs is 2. The summed E-state index contributed by atoms with van der Waals surface area (Å²) in [4.78, 5) is 35.4. The summed E-state index contributed by atoms with van der Waals surface area (Å²) in [5.41, 5.74) is 1.99. The van der Waals surface area contributed by atoms with Gasteiger partial charge in [0, 0.05) is 48.7 Å². The van der Waals surface area contributed by atoms with E-state index in [1.54, 1.807) is 22.9 Å². The standard InChI is InChI=1S/C23H28ClN5O3S2/c1-27-7-6-23(13-27)14-29(18-5-4-15(24)9-17(18)23)22(32)26-21-25-10-20(34-21)33-8-2-3-19(31)28-11-16(30)12-28/h4-5,9-10,16,30H,2-3,6-8,11-14H2,1H3,(H,25,26,32). The van der Waals surface area contributed by atoms with Gasteiger partial charge in [0.25, 0.3) is 0 Å². The van der Waals surface area contributed by atoms with Crippen molar-refractivity contribution >= 4 is 57.5 Å². The number of hydrogen-bond acceptors (Lipinski definition) is 7. The molecule has 2 saturated heterocycles. The van der Waals surface area contributed by atoms with E-state index < -0.39 is 0 Å². The van der Waals surface area contributed by atoms with Crippen LogP contribution in [0.2, 0.25) is 5.02 Å². The molecule has 0 saturated carbocycles. The third kappa shape index (κ3) is 4.79. The van der Waals surface area contributed by atoms with Gasteiger partial charge in [-0.05, 0) is 55.9 Å². The predicted molar refractivity (Wildman–Crippen MR) is 136 cm³/mol. The molecule has 1 unspecified atom stereocenters. The third-order valence-electron chi connectivity index (χ3n) is 6.76. The lowest BCUT2D eigenvalue weighted by Crippen LogP contribution is -2.53. The number of aliphatic hydroxyl groups excluding tert-OH is 1. The van der Waals surface area contributed by atoms with Crippen LogP contribution in [0, 0.1) is 0 Å². The van der Waals surface area contributed by atoms with Gasteiger partial charge in [0.2, 0.25) is 5.91 Å². The molecule has 2 N–H and O–H groups in total. The highest BCUT2D eigenvalue weighted by Gasteiger charge is 2.48. The molecule has 3 aliphatic rings. The molecule has 4 heterocycles. The van der Waals surface area contributed by atoms with Crippen LogP contribution in [0.3, 0.4) is 0 Å². The molecule has 2 aromatic rings. The first-order chi connectivity index (χ1) is 16.3. The Balaban J connectivity index is 1.16. The number of thiazole rings is 1. The first kappa shape index (κ1) is 23.9. The largest absolute Gasteiger partial charge is 0.389 e. The highest BCUT2D eigenvalue weighted by Crippen LogP contribution is 2.47. The van der Waals surface area contributed by atoms with E-state index in [0.29, 0.717) is 36.2 Å². The van der Waals surface area contributed by atoms with Gasteiger partial charge >= 0.3 is 6.03 Å². The number of likely N-dealkylation sites (N-methyl/N-ethyl adjacent to an activating group) is 1. The number of hydrogen-bond donors (Lipinski definition) is 2. The Hall–Kier alpha value is -1.85. The topological polar surface area (TPSA) is 89.0 Å². The van der Waals surface area contributed by atoms with E-state index in [2.05, 4.69) is 22.2 Å². The number of amides is 3. The van der Waals surface area contributed by atoms with Crippen molar-refractivity contribution in [3.63, 3.8) is 0 Å². The monoisotopic (exact) mass is 521 g/mol. The van der Waals surface area contributed by atoms with Gasteiger partial charge in [-0.25, -0.2) is 9.78 Å². The molecule has 11 heteroatoms. The summed E-state index contributed by atoms with van der Waals surface area (Å²) in [6, 6.07) is 5.61. The average Bonchev–Trinajstić information content (AvgIpc) is 3.47. The lowest BCUT2D eigenvalue weighted by atomic mass is 9.81. The Morgan fingerprint density at radius 1 is 1.35 bits per heavy atom. The zero-order chi connectivity index (χ0) is 23.9. The number of halogens is 1. The summed E-state index contributed by atoms with van der Waals surface area (Å²) >= 11 is 9.39. The normalized spacial score (nSPS) is 22.3. The van der Waals surface area contributed by atoms with Crippen LogP contribution in [0.15, 0.2) is 28.6 Å². The van der Waals surface area contributed by atoms with Crippen LogP contribution < -0.4 is 10.2 Å². The molecule has 0 radical (unpaired) electrons. The van der Waals surface area contributed by atoms with E-state index in [-0.39, 0.29) is 23.5 Å². The Morgan fingerprint density at radius 3 is 2.91 bits per heavy atom. The third-order valence-corrected chi connectivity index (χ3v) is 9.19. The number of anilines is 2. The number of thioether (sulfide) groups is 1. The van der Waals surface area contributed by atoms with Crippen molar-refractivity contribution < 1.29 is 14.7 Å². The SMILES string of the molecule is CN1CCC2(C1)CN(C(=O)Nc1ncc(SCCCC(=O)N3CC(O)C3)s1)c1ccc(Cl)cc12. The lowest BCUT2D eigenvalue weighted by Gasteiger charge is -2.35. The van der Waals surface area contributed by atoms with Gasteiger partial charge in [0.1, 0.15) is 0 Å². The second kappa shape index (κ2) is 9.66. The van der Waals surface area contributed by atoms with Crippen LogP contribution in [0.1, 0.15) is 24.8 Å². The number of nitrogens with zero attached hydrogens (tertiary/aromatic N) is 4. The maximum atomic E-state index is 13.2. The van der Waals surface area contributed by atoms with E-state index in [4.69, 9.17) is 11.6 Å². The summed E-state index contributed by atoms with van der Waals surface area (Å²) < 4.78 is 1.00. The van der Waals surface area contributed by atoms with Gasteiger partial charge in [0.15, 0.2) is 5.13 Å². The molecule has 1 spiro atoms. The Labute approximate surface area is 212 Å². The molecule has 1 aromatic heterocycles. The van der Waals surface area contributed by atoms with E-state index in [1.807, 2.05) is 23.1 Å². The average molecular weight is 522 g/mol. The molecule has 5 rings (SSSR count). The van der Waals surface area contributed by atoms with Crippen LogP contribution >= 0.6 is 34.7 Å². The molecule has 1 atom stereocenters. The summed E-state index contributed by atoms with van der Waals surface area (Å²) in [6.07, 6.45) is 3.65. The van der Waals surface area contributed by atoms with E-state index >= 15 is 0 Å². The number of rotatable bonds is 6. The van der Waals surface area contributed by atoms with E-state index in [9.17, 15) is 14.7 Å². The fourth-order valence-electron chi connectivity index (χ4n) is 5.01. The highest BCUT2D eigenvalue weighted by atomic mass is 35.5. The molecule has 34 heavy (non-hydrogen) atoms. The maximum absolute atomic E-state index is 13.2. The molecule has 0 bridgehead atoms. The van der Waals surface area contributed by atoms with Gasteiger partial charge in [-0.1, -0.05) is 22.9 Å². The van der Waals surface area contributed by atoms with E-state index in [0.717, 1.165) is 47.1 Å². The zero-order valence-electron chi connectivity index (χ0n) is 19.0. The Morgan fingerprint density at radius 2 is 2.18 bits per heavy atom. The minimum atomic E-state index is -0.360. The van der Waals surface area contributed by atoms with Gasteiger partial charge < -0.3 is 14.9 Å². The number of benzene rings is 1. The number of aromatic nitrogens is 1. The number of carbonyl (C=O) groups excluding carboxylic acids is 2. The van der Waals surface area contributed by atoms with Gasteiger partial charge in [-0.3, -0.25) is 15.0 Å². The second-order valence-electron chi connectivity index (χ2n) is 9.33. The number of aliphatic hydroxyl groups is 1. The first-order valence-electron chi connectivity index (χ1n) is 11.4. The van der Waals surface area contributed by atoms with E-state index in [1.165, 1.54) is 11.3 Å². The van der Waals surface area contributed by atoms with Gasteiger partial charge in [-0.15, -0.1) is 11.8 Å². The smallest absolute Gasteiger partial charge is 0.328 e. The molecule has 3 amide bonds. The summed E-state index contributed by atoms with van der Waals surface area (Å²) in [7, 11) is 2.11. The Kier molecular flexibility index (Phi) is 6.78. The van der Waals surface area contributed by atoms with Crippen LogP contribution in [-0.4, -0.2) is 83.5 Å². The highest BCUT2D eigenvalue weighted by molar-refractivity contribution is 8.01. The number of nitrogens with one attached hydrogen (secondary N) is 1. The second-order valence-corrected chi connectivity index (χ2v) is 12.2. The summed E-state index contributed by atoms with van der Waals surface area (Å²) in [6.45, 7) is 3.45. The fraction of sp³-hybridized carbons (Fsp3) is 0.522. The van der Waals surface area contributed by atoms with Crippen LogP contribution in [0.4, 0.5) is 15.6 Å². The Bertz CT molecular complexity index is 1090. The minimum Gasteiger partial charge on any atom is -0.389 e. The quantitative estimate of drug-likeness (QED) is 0.447. The fourth-order valence-corrected chi connectivity index (χ4v) is 7.06. The van der Waals surface area contributed by atoms with Crippen molar-refractivity contribution in [3.05, 3.63) is 35.0 Å². The van der Waals surface area contributed by atoms with Gasteiger partial charge in [0.05, 0.1) is 16.5 Å². The van der Waals surface area contributed by atoms with Crippen molar-refractivity contribution in [2.75, 3.05) is 55.7 Å². The number of β-amino-alcohol motifs (C(OH)–C–C–N with tert-alkyl or cyclic N) is 1. The molecular weight excluding hydrogens is 494 g/mol. The first-order valence-corrected chi connectivity index (χ1v) is 13.6. The maximum Gasteiger partial charge on any atom is 0.328 e. The van der Waals surface area contributed by atoms with Crippen molar-refractivity contribution in [3.8, 4) is 0 Å². The van der Waals surface area contributed by atoms with Crippen molar-refractivity contribution in [2.24, 2.45) is 0 Å². The zero-order valence-corrected chi connectivity index (χ0v) is 21.4. The number of carbonyl (C=O) groups is 2. The molecule has 3 aliphatic heterocycles. The minimum absolute atomic E-state index is 0.0816. The number of urea groups is 1.